The van der Waals surface area contributed by atoms with E-state index in [-0.39, 0.29) is 22.4 Å². The van der Waals surface area contributed by atoms with Crippen molar-refractivity contribution in [1.82, 2.24) is 18.7 Å². The Kier molecular flexibility index (Phi) is 5.48. The van der Waals surface area contributed by atoms with Gasteiger partial charge in [-0.2, -0.15) is 0 Å². The van der Waals surface area contributed by atoms with E-state index in [0.717, 1.165) is 83.9 Å². The third kappa shape index (κ3) is 3.88. The standard InChI is InChI=1S/C23H28FN5O3S/c24-17-13-16-18(29(15-1-2-15)23-20(21(16)30)22(31)25-33-23)14-19(17)28-7-5-26(6-8-28)3-4-27-9-11-32-12-10-27/h13-15H,1-12H2,(H,25,31). The summed E-state index contributed by atoms with van der Waals surface area (Å²) in [6.45, 7) is 8.93. The minimum Gasteiger partial charge on any atom is -0.379 e. The molecule has 1 saturated carbocycles. The summed E-state index contributed by atoms with van der Waals surface area (Å²) >= 11 is 1.20. The summed E-state index contributed by atoms with van der Waals surface area (Å²) in [5.74, 6) is -0.394. The average Bonchev–Trinajstić information content (AvgIpc) is 3.60. The van der Waals surface area contributed by atoms with Crippen LogP contribution in [0.25, 0.3) is 21.1 Å². The van der Waals surface area contributed by atoms with E-state index >= 15 is 4.39 Å². The van der Waals surface area contributed by atoms with E-state index in [2.05, 4.69) is 23.6 Å². The number of rotatable bonds is 5. The van der Waals surface area contributed by atoms with E-state index in [0.29, 0.717) is 15.9 Å². The fraction of sp³-hybridized carbons (Fsp3) is 0.565. The van der Waals surface area contributed by atoms with Crippen LogP contribution in [-0.4, -0.2) is 84.3 Å². The van der Waals surface area contributed by atoms with Crippen LogP contribution in [0.15, 0.2) is 21.7 Å². The van der Waals surface area contributed by atoms with Crippen molar-refractivity contribution in [2.45, 2.75) is 18.9 Å². The van der Waals surface area contributed by atoms with Gasteiger partial charge in [-0.3, -0.25) is 23.8 Å². The zero-order valence-corrected chi connectivity index (χ0v) is 19.3. The molecule has 2 aromatic heterocycles. The Morgan fingerprint density at radius 1 is 1.00 bits per heavy atom. The van der Waals surface area contributed by atoms with Gasteiger partial charge in [0, 0.05) is 63.8 Å². The Labute approximate surface area is 194 Å². The lowest BCUT2D eigenvalue weighted by molar-refractivity contribution is 0.0331. The van der Waals surface area contributed by atoms with Gasteiger partial charge < -0.3 is 14.2 Å². The van der Waals surface area contributed by atoms with E-state index in [1.807, 2.05) is 6.07 Å². The highest BCUT2D eigenvalue weighted by Gasteiger charge is 2.30. The lowest BCUT2D eigenvalue weighted by atomic mass is 10.1. The number of benzene rings is 1. The first-order valence-corrected chi connectivity index (χ1v) is 12.6. The molecule has 0 amide bonds. The predicted octanol–water partition coefficient (Wildman–Crippen LogP) is 1.83. The first-order chi connectivity index (χ1) is 16.1. The van der Waals surface area contributed by atoms with Crippen LogP contribution in [0.5, 0.6) is 0 Å². The van der Waals surface area contributed by atoms with Crippen molar-refractivity contribution in [1.29, 1.82) is 0 Å². The maximum Gasteiger partial charge on any atom is 0.271 e. The first-order valence-electron chi connectivity index (χ1n) is 11.8. The molecular weight excluding hydrogens is 445 g/mol. The summed E-state index contributed by atoms with van der Waals surface area (Å²) in [4.78, 5) is 32.9. The molecule has 2 aliphatic heterocycles. The molecule has 0 bridgehead atoms. The molecule has 8 nitrogen and oxygen atoms in total. The maximum absolute atomic E-state index is 15.2. The lowest BCUT2D eigenvalue weighted by Crippen LogP contribution is -2.49. The Balaban J connectivity index is 1.26. The monoisotopic (exact) mass is 473 g/mol. The van der Waals surface area contributed by atoms with Gasteiger partial charge in [0.15, 0.2) is 0 Å². The van der Waals surface area contributed by atoms with Crippen molar-refractivity contribution >= 4 is 38.3 Å². The van der Waals surface area contributed by atoms with Crippen molar-refractivity contribution in [2.24, 2.45) is 0 Å². The first kappa shape index (κ1) is 21.3. The van der Waals surface area contributed by atoms with E-state index < -0.39 is 5.82 Å². The summed E-state index contributed by atoms with van der Waals surface area (Å²) in [6.07, 6.45) is 2.02. The van der Waals surface area contributed by atoms with Gasteiger partial charge in [0.05, 0.1) is 24.4 Å². The number of halogens is 1. The van der Waals surface area contributed by atoms with Gasteiger partial charge in [0.1, 0.15) is 16.0 Å². The highest BCUT2D eigenvalue weighted by atomic mass is 32.1. The number of pyridine rings is 1. The topological polar surface area (TPSA) is 73.8 Å². The molecule has 176 valence electrons. The van der Waals surface area contributed by atoms with Crippen molar-refractivity contribution in [3.8, 4) is 0 Å². The predicted molar refractivity (Wildman–Crippen MR) is 128 cm³/mol. The number of piperazine rings is 1. The van der Waals surface area contributed by atoms with Gasteiger partial charge >= 0.3 is 0 Å². The van der Waals surface area contributed by atoms with Crippen molar-refractivity contribution < 1.29 is 9.13 Å². The van der Waals surface area contributed by atoms with Gasteiger partial charge in [-0.1, -0.05) is 0 Å². The van der Waals surface area contributed by atoms with Gasteiger partial charge in [-0.15, -0.1) is 0 Å². The number of aromatic nitrogens is 2. The summed E-state index contributed by atoms with van der Waals surface area (Å²) in [7, 11) is 0. The molecule has 0 atom stereocenters. The van der Waals surface area contributed by atoms with Crippen LogP contribution >= 0.6 is 11.5 Å². The fourth-order valence-electron chi connectivity index (χ4n) is 5.10. The summed E-state index contributed by atoms with van der Waals surface area (Å²) < 4.78 is 25.4. The molecule has 0 unspecified atom stereocenters. The third-order valence-electron chi connectivity index (χ3n) is 7.16. The molecule has 33 heavy (non-hydrogen) atoms. The number of ether oxygens (including phenoxy) is 1. The number of anilines is 1. The zero-order valence-electron chi connectivity index (χ0n) is 18.5. The quantitative estimate of drug-likeness (QED) is 0.610. The molecule has 10 heteroatoms. The number of nitrogens with one attached hydrogen (secondary N) is 1. The Morgan fingerprint density at radius 3 is 2.39 bits per heavy atom. The second-order valence-corrected chi connectivity index (χ2v) is 10.0. The molecule has 6 rings (SSSR count). The molecule has 4 heterocycles. The normalized spacial score (nSPS) is 20.8. The zero-order chi connectivity index (χ0) is 22.5. The van der Waals surface area contributed by atoms with Crippen LogP contribution in [0, 0.1) is 5.82 Å². The van der Waals surface area contributed by atoms with E-state index in [1.165, 1.54) is 17.6 Å². The van der Waals surface area contributed by atoms with Crippen molar-refractivity contribution in [3.05, 3.63) is 38.5 Å². The number of hydrogen-bond acceptors (Lipinski definition) is 7. The van der Waals surface area contributed by atoms with Crippen LogP contribution in [0.3, 0.4) is 0 Å². The molecule has 1 aliphatic carbocycles. The number of nitrogens with zero attached hydrogens (tertiary/aromatic N) is 4. The summed E-state index contributed by atoms with van der Waals surface area (Å²) in [6, 6.07) is 3.43. The molecular formula is C23H28FN5O3S. The van der Waals surface area contributed by atoms with E-state index in [9.17, 15) is 9.59 Å². The van der Waals surface area contributed by atoms with E-state index in [4.69, 9.17) is 4.74 Å². The molecule has 1 aromatic carbocycles. The molecule has 3 aromatic rings. The second kappa shape index (κ2) is 8.50. The molecule has 1 N–H and O–H groups in total. The minimum atomic E-state index is -0.394. The Bertz CT molecular complexity index is 1300. The van der Waals surface area contributed by atoms with Crippen LogP contribution < -0.4 is 15.9 Å². The Hall–Kier alpha value is -2.27. The Morgan fingerprint density at radius 2 is 1.70 bits per heavy atom. The largest absolute Gasteiger partial charge is 0.379 e. The number of aromatic amines is 1. The van der Waals surface area contributed by atoms with Crippen LogP contribution in [0.1, 0.15) is 18.9 Å². The highest BCUT2D eigenvalue weighted by molar-refractivity contribution is 7.12. The van der Waals surface area contributed by atoms with Gasteiger partial charge in [-0.05, 0) is 36.5 Å². The molecule has 0 spiro atoms. The average molecular weight is 474 g/mol. The van der Waals surface area contributed by atoms with Crippen LogP contribution in [0.2, 0.25) is 0 Å². The molecule has 2 saturated heterocycles. The number of H-pyrrole nitrogens is 1. The maximum atomic E-state index is 15.2. The SMILES string of the molecule is O=c1[nH]sc2c1c(=O)c1cc(F)c(N3CCN(CCN4CCOCC4)CC3)cc1n2C1CC1. The van der Waals surface area contributed by atoms with Crippen molar-refractivity contribution in [3.63, 3.8) is 0 Å². The summed E-state index contributed by atoms with van der Waals surface area (Å²) in [5.41, 5.74) is 0.523. The fourth-order valence-corrected chi connectivity index (χ4v) is 6.02. The third-order valence-corrected chi connectivity index (χ3v) is 8.04. The number of fused-ring (bicyclic) bond motifs is 2. The van der Waals surface area contributed by atoms with E-state index in [1.54, 1.807) is 0 Å². The second-order valence-electron chi connectivity index (χ2n) is 9.25. The number of morpholine rings is 1. The highest BCUT2D eigenvalue weighted by Crippen LogP contribution is 2.40. The molecule has 3 fully saturated rings. The van der Waals surface area contributed by atoms with Crippen LogP contribution in [-0.2, 0) is 4.74 Å². The summed E-state index contributed by atoms with van der Waals surface area (Å²) in [5, 5.41) is 0.448. The smallest absolute Gasteiger partial charge is 0.271 e. The lowest BCUT2D eigenvalue weighted by Gasteiger charge is -2.37. The minimum absolute atomic E-state index is 0.153. The van der Waals surface area contributed by atoms with Crippen molar-refractivity contribution in [2.75, 3.05) is 70.5 Å². The van der Waals surface area contributed by atoms with Gasteiger partial charge in [0.2, 0.25) is 5.43 Å². The molecule has 3 aliphatic rings. The number of hydrogen-bond donors (Lipinski definition) is 1. The van der Waals surface area contributed by atoms with Gasteiger partial charge in [-0.25, -0.2) is 4.39 Å². The van der Waals surface area contributed by atoms with Crippen LogP contribution in [0.4, 0.5) is 10.1 Å². The van der Waals surface area contributed by atoms with Gasteiger partial charge in [0.25, 0.3) is 5.56 Å². The molecule has 0 radical (unpaired) electrons.